The molecule has 0 aliphatic heterocycles. The molecule has 2 heterocycles. The van der Waals surface area contributed by atoms with Crippen LogP contribution in [-0.4, -0.2) is 9.97 Å². The van der Waals surface area contributed by atoms with Gasteiger partial charge in [0, 0.05) is 22.8 Å². The zero-order chi connectivity index (χ0) is 12.5. The summed E-state index contributed by atoms with van der Waals surface area (Å²) < 4.78 is 12.8. The van der Waals surface area contributed by atoms with Crippen LogP contribution < -0.4 is 5.73 Å². The number of aromatic nitrogens is 2. The van der Waals surface area contributed by atoms with E-state index in [1.54, 1.807) is 6.07 Å². The second kappa shape index (κ2) is 4.07. The van der Waals surface area contributed by atoms with E-state index in [0.717, 1.165) is 22.2 Å². The SMILES string of the molecule is Nc1cccc2nc(-c3ccc(F)nc3)ccc12. The molecule has 0 saturated carbocycles. The minimum atomic E-state index is -0.496. The van der Waals surface area contributed by atoms with Gasteiger partial charge in [-0.3, -0.25) is 0 Å². The second-order valence-corrected chi connectivity index (χ2v) is 3.98. The van der Waals surface area contributed by atoms with Crippen LogP contribution in [-0.2, 0) is 0 Å². The zero-order valence-corrected chi connectivity index (χ0v) is 9.47. The van der Waals surface area contributed by atoms with Gasteiger partial charge in [0.2, 0.25) is 5.95 Å². The summed E-state index contributed by atoms with van der Waals surface area (Å²) in [5.74, 6) is -0.496. The molecular weight excluding hydrogens is 229 g/mol. The maximum absolute atomic E-state index is 12.8. The number of hydrogen-bond donors (Lipinski definition) is 1. The molecule has 0 atom stereocenters. The van der Waals surface area contributed by atoms with Gasteiger partial charge in [-0.1, -0.05) is 6.07 Å². The monoisotopic (exact) mass is 239 g/mol. The maximum Gasteiger partial charge on any atom is 0.212 e. The highest BCUT2D eigenvalue weighted by Gasteiger charge is 2.03. The average molecular weight is 239 g/mol. The number of nitrogens with zero attached hydrogens (tertiary/aromatic N) is 2. The lowest BCUT2D eigenvalue weighted by Gasteiger charge is -2.04. The fraction of sp³-hybridized carbons (Fsp3) is 0. The molecule has 0 aliphatic carbocycles. The lowest BCUT2D eigenvalue weighted by Crippen LogP contribution is -1.91. The Kier molecular flexibility index (Phi) is 2.41. The van der Waals surface area contributed by atoms with Crippen molar-refractivity contribution in [3.8, 4) is 11.3 Å². The van der Waals surface area contributed by atoms with Gasteiger partial charge in [-0.05, 0) is 36.4 Å². The van der Waals surface area contributed by atoms with Crippen molar-refractivity contribution in [1.29, 1.82) is 0 Å². The van der Waals surface area contributed by atoms with Gasteiger partial charge in [-0.25, -0.2) is 9.97 Å². The number of halogens is 1. The molecule has 0 fully saturated rings. The Hall–Kier alpha value is -2.49. The first-order chi connectivity index (χ1) is 8.74. The van der Waals surface area contributed by atoms with E-state index >= 15 is 0 Å². The standard InChI is InChI=1S/C14H10FN3/c15-14-7-4-9(8-17-14)12-6-5-10-11(16)2-1-3-13(10)18-12/h1-8H,16H2. The van der Waals surface area contributed by atoms with Crippen LogP contribution in [0.5, 0.6) is 0 Å². The van der Waals surface area contributed by atoms with Gasteiger partial charge in [0.25, 0.3) is 0 Å². The van der Waals surface area contributed by atoms with Crippen molar-refractivity contribution in [1.82, 2.24) is 9.97 Å². The Labute approximate surface area is 103 Å². The first-order valence-corrected chi connectivity index (χ1v) is 5.51. The Morgan fingerprint density at radius 3 is 2.67 bits per heavy atom. The Morgan fingerprint density at radius 2 is 1.89 bits per heavy atom. The van der Waals surface area contributed by atoms with Crippen LogP contribution in [0.3, 0.4) is 0 Å². The third-order valence-electron chi connectivity index (χ3n) is 2.79. The molecule has 0 aliphatic rings. The minimum absolute atomic E-state index is 0.496. The van der Waals surface area contributed by atoms with Crippen LogP contribution in [0.2, 0.25) is 0 Å². The van der Waals surface area contributed by atoms with E-state index in [9.17, 15) is 4.39 Å². The van der Waals surface area contributed by atoms with Gasteiger partial charge in [0.15, 0.2) is 0 Å². The van der Waals surface area contributed by atoms with Crippen LogP contribution >= 0.6 is 0 Å². The van der Waals surface area contributed by atoms with E-state index in [4.69, 9.17) is 5.73 Å². The van der Waals surface area contributed by atoms with Crippen LogP contribution in [0.4, 0.5) is 10.1 Å². The molecule has 88 valence electrons. The van der Waals surface area contributed by atoms with E-state index in [2.05, 4.69) is 9.97 Å². The van der Waals surface area contributed by atoms with Crippen LogP contribution in [0.1, 0.15) is 0 Å². The lowest BCUT2D eigenvalue weighted by molar-refractivity contribution is 0.584. The molecule has 0 bridgehead atoms. The molecule has 2 aromatic heterocycles. The molecule has 18 heavy (non-hydrogen) atoms. The van der Waals surface area contributed by atoms with E-state index < -0.39 is 5.95 Å². The topological polar surface area (TPSA) is 51.8 Å². The largest absolute Gasteiger partial charge is 0.398 e. The molecule has 0 saturated heterocycles. The predicted molar refractivity (Wildman–Crippen MR) is 69.3 cm³/mol. The molecule has 2 N–H and O–H groups in total. The van der Waals surface area contributed by atoms with Crippen LogP contribution in [0, 0.1) is 5.95 Å². The molecule has 3 nitrogen and oxygen atoms in total. The fourth-order valence-corrected chi connectivity index (χ4v) is 1.87. The van der Waals surface area contributed by atoms with Crippen molar-refractivity contribution in [2.24, 2.45) is 0 Å². The fourth-order valence-electron chi connectivity index (χ4n) is 1.87. The van der Waals surface area contributed by atoms with E-state index in [-0.39, 0.29) is 0 Å². The highest BCUT2D eigenvalue weighted by atomic mass is 19.1. The zero-order valence-electron chi connectivity index (χ0n) is 9.47. The second-order valence-electron chi connectivity index (χ2n) is 3.98. The third-order valence-corrected chi connectivity index (χ3v) is 2.79. The summed E-state index contributed by atoms with van der Waals surface area (Å²) in [6, 6.07) is 12.3. The van der Waals surface area contributed by atoms with Crippen molar-refractivity contribution >= 4 is 16.6 Å². The molecule has 0 radical (unpaired) electrons. The molecule has 0 spiro atoms. The highest BCUT2D eigenvalue weighted by Crippen LogP contribution is 2.23. The quantitative estimate of drug-likeness (QED) is 0.524. The van der Waals surface area contributed by atoms with Crippen LogP contribution in [0.25, 0.3) is 22.2 Å². The molecule has 3 aromatic rings. The summed E-state index contributed by atoms with van der Waals surface area (Å²) in [7, 11) is 0. The van der Waals surface area contributed by atoms with Gasteiger partial charge >= 0.3 is 0 Å². The van der Waals surface area contributed by atoms with Crippen molar-refractivity contribution < 1.29 is 4.39 Å². The van der Waals surface area contributed by atoms with E-state index in [1.807, 2.05) is 30.3 Å². The van der Waals surface area contributed by atoms with Crippen molar-refractivity contribution in [2.45, 2.75) is 0 Å². The summed E-state index contributed by atoms with van der Waals surface area (Å²) in [5.41, 5.74) is 8.91. The molecular formula is C14H10FN3. The Balaban J connectivity index is 2.16. The maximum atomic E-state index is 12.8. The normalized spacial score (nSPS) is 10.7. The van der Waals surface area contributed by atoms with Gasteiger partial charge in [0.1, 0.15) is 0 Å². The van der Waals surface area contributed by atoms with E-state index in [1.165, 1.54) is 12.3 Å². The molecule has 0 amide bonds. The number of benzene rings is 1. The summed E-state index contributed by atoms with van der Waals surface area (Å²) in [5, 5.41) is 0.913. The smallest absolute Gasteiger partial charge is 0.212 e. The molecule has 3 rings (SSSR count). The van der Waals surface area contributed by atoms with Gasteiger partial charge in [-0.15, -0.1) is 0 Å². The van der Waals surface area contributed by atoms with Crippen molar-refractivity contribution in [2.75, 3.05) is 5.73 Å². The number of nitrogens with two attached hydrogens (primary N) is 1. The average Bonchev–Trinajstić information content (AvgIpc) is 2.39. The summed E-state index contributed by atoms with van der Waals surface area (Å²) in [4.78, 5) is 8.12. The van der Waals surface area contributed by atoms with Crippen LogP contribution in [0.15, 0.2) is 48.7 Å². The number of nitrogen functional groups attached to an aromatic ring is 1. The summed E-state index contributed by atoms with van der Waals surface area (Å²) in [6.45, 7) is 0. The number of pyridine rings is 2. The minimum Gasteiger partial charge on any atom is -0.398 e. The van der Waals surface area contributed by atoms with Gasteiger partial charge in [0.05, 0.1) is 11.2 Å². The first-order valence-electron chi connectivity index (χ1n) is 5.51. The molecule has 1 aromatic carbocycles. The molecule has 4 heteroatoms. The number of hydrogen-bond acceptors (Lipinski definition) is 3. The number of fused-ring (bicyclic) bond motifs is 1. The first kappa shape index (κ1) is 10.7. The Bertz CT molecular complexity index is 708. The Morgan fingerprint density at radius 1 is 1.00 bits per heavy atom. The van der Waals surface area contributed by atoms with Crippen molar-refractivity contribution in [3.63, 3.8) is 0 Å². The number of anilines is 1. The predicted octanol–water partition coefficient (Wildman–Crippen LogP) is 3.02. The number of rotatable bonds is 1. The molecule has 0 unspecified atom stereocenters. The van der Waals surface area contributed by atoms with Crippen molar-refractivity contribution in [3.05, 3.63) is 54.6 Å². The summed E-state index contributed by atoms with van der Waals surface area (Å²) in [6.07, 6.45) is 1.47. The summed E-state index contributed by atoms with van der Waals surface area (Å²) >= 11 is 0. The highest BCUT2D eigenvalue weighted by molar-refractivity contribution is 5.91. The van der Waals surface area contributed by atoms with E-state index in [0.29, 0.717) is 5.69 Å². The van der Waals surface area contributed by atoms with Gasteiger partial charge < -0.3 is 5.73 Å². The third kappa shape index (κ3) is 1.78. The lowest BCUT2D eigenvalue weighted by atomic mass is 10.1. The van der Waals surface area contributed by atoms with Gasteiger partial charge in [-0.2, -0.15) is 4.39 Å².